The Balaban J connectivity index is 0.000000401. The number of aromatic nitrogens is 1. The number of fused-ring (bicyclic) bond motifs is 3. The molecule has 0 spiro atoms. The van der Waals surface area contributed by atoms with Crippen molar-refractivity contribution < 1.29 is 19.1 Å². The highest BCUT2D eigenvalue weighted by molar-refractivity contribution is 5.86. The molecule has 34 heavy (non-hydrogen) atoms. The Labute approximate surface area is 203 Å². The van der Waals surface area contributed by atoms with Gasteiger partial charge in [0.15, 0.2) is 0 Å². The molecular formula is C26H42N4O4. The van der Waals surface area contributed by atoms with Gasteiger partial charge < -0.3 is 25.7 Å². The number of rotatable bonds is 6. The van der Waals surface area contributed by atoms with E-state index in [0.717, 1.165) is 19.4 Å². The van der Waals surface area contributed by atoms with Crippen LogP contribution in [-0.4, -0.2) is 53.9 Å². The van der Waals surface area contributed by atoms with E-state index in [-0.39, 0.29) is 23.5 Å². The van der Waals surface area contributed by atoms with Crippen LogP contribution in [0.2, 0.25) is 0 Å². The number of nitrogens with one attached hydrogen (secondary N) is 2. The van der Waals surface area contributed by atoms with Crippen LogP contribution in [0.3, 0.4) is 0 Å². The Morgan fingerprint density at radius 3 is 2.38 bits per heavy atom. The van der Waals surface area contributed by atoms with Crippen molar-refractivity contribution in [1.82, 2.24) is 15.2 Å². The number of hydrogen-bond acceptors (Lipinski definition) is 5. The number of para-hydroxylation sites is 1. The van der Waals surface area contributed by atoms with Gasteiger partial charge in [-0.05, 0) is 58.2 Å². The molecule has 0 fully saturated rings. The summed E-state index contributed by atoms with van der Waals surface area (Å²) in [6, 6.07) is 8.62. The Morgan fingerprint density at radius 1 is 1.29 bits per heavy atom. The van der Waals surface area contributed by atoms with Gasteiger partial charge in [0.1, 0.15) is 5.60 Å². The van der Waals surface area contributed by atoms with Gasteiger partial charge in [-0.25, -0.2) is 0 Å². The van der Waals surface area contributed by atoms with Crippen molar-refractivity contribution in [2.75, 3.05) is 20.1 Å². The molecule has 190 valence electrons. The summed E-state index contributed by atoms with van der Waals surface area (Å²) in [6.07, 6.45) is 2.37. The molecule has 8 nitrogen and oxygen atoms in total. The molecule has 4 N–H and O–H groups in total. The standard InChI is InChI=1S/C18H25N3O.C5H10O2.C3H7NO/c1-12(2)10-16-18-14(8-9-21(16)17(22)11-19-3)13-6-4-5-7-15(13)20-18;1-5(2,3)7-4-6;1-2-3(4)5/h4-7,12,16,19-20H,8-11H2,1-3H3;4H,1-3H3;2H2,1H3,(H2,4,5). The van der Waals surface area contributed by atoms with E-state index in [1.54, 1.807) is 6.92 Å². The zero-order valence-electron chi connectivity index (χ0n) is 21.7. The van der Waals surface area contributed by atoms with Crippen molar-refractivity contribution >= 4 is 29.2 Å². The second-order valence-electron chi connectivity index (χ2n) is 9.72. The van der Waals surface area contributed by atoms with E-state index in [2.05, 4.69) is 58.9 Å². The fraction of sp³-hybridized carbons (Fsp3) is 0.577. The number of benzene rings is 1. The zero-order valence-corrected chi connectivity index (χ0v) is 21.7. The van der Waals surface area contributed by atoms with Crippen LogP contribution in [0.1, 0.15) is 71.7 Å². The smallest absolute Gasteiger partial charge is 0.293 e. The number of primary amides is 1. The maximum absolute atomic E-state index is 12.5. The minimum absolute atomic E-state index is 0.164. The SMILES string of the molecule is CC(C)(C)OC=O.CCC(N)=O.CNCC(=O)N1CCc2c([nH]c3ccccc23)C1CC(C)C. The highest BCUT2D eigenvalue weighted by Gasteiger charge is 2.33. The molecule has 1 aliphatic rings. The van der Waals surface area contributed by atoms with Crippen LogP contribution < -0.4 is 11.1 Å². The molecule has 2 amide bonds. The van der Waals surface area contributed by atoms with Crippen LogP contribution in [-0.2, 0) is 25.5 Å². The molecule has 1 aromatic heterocycles. The van der Waals surface area contributed by atoms with Gasteiger partial charge in [-0.2, -0.15) is 0 Å². The summed E-state index contributed by atoms with van der Waals surface area (Å²) in [5, 5.41) is 4.30. The summed E-state index contributed by atoms with van der Waals surface area (Å²) in [5.74, 6) is 0.495. The number of hydrogen-bond donors (Lipinski definition) is 3. The average Bonchev–Trinajstić information content (AvgIpc) is 3.13. The molecule has 3 rings (SSSR count). The van der Waals surface area contributed by atoms with Crippen LogP contribution >= 0.6 is 0 Å². The molecule has 1 atom stereocenters. The summed E-state index contributed by atoms with van der Waals surface area (Å²) < 4.78 is 4.55. The average molecular weight is 475 g/mol. The first-order valence-electron chi connectivity index (χ1n) is 11.9. The van der Waals surface area contributed by atoms with Gasteiger partial charge in [0.2, 0.25) is 11.8 Å². The normalized spacial score (nSPS) is 14.9. The van der Waals surface area contributed by atoms with Gasteiger partial charge in [-0.1, -0.05) is 39.0 Å². The third kappa shape index (κ3) is 9.17. The van der Waals surface area contributed by atoms with Gasteiger partial charge >= 0.3 is 0 Å². The van der Waals surface area contributed by atoms with E-state index in [9.17, 15) is 14.4 Å². The summed E-state index contributed by atoms with van der Waals surface area (Å²) >= 11 is 0. The van der Waals surface area contributed by atoms with Crippen molar-refractivity contribution in [2.24, 2.45) is 11.7 Å². The number of amides is 2. The third-order valence-electron chi connectivity index (χ3n) is 5.25. The van der Waals surface area contributed by atoms with Gasteiger partial charge in [0.25, 0.3) is 6.47 Å². The second-order valence-corrected chi connectivity index (χ2v) is 9.72. The van der Waals surface area contributed by atoms with Crippen molar-refractivity contribution in [2.45, 2.75) is 72.4 Å². The van der Waals surface area contributed by atoms with Gasteiger partial charge in [-0.15, -0.1) is 0 Å². The zero-order chi connectivity index (χ0) is 25.9. The van der Waals surface area contributed by atoms with Crippen LogP contribution in [0.4, 0.5) is 0 Å². The number of nitrogens with zero attached hydrogens (tertiary/aromatic N) is 1. The van der Waals surface area contributed by atoms with Crippen molar-refractivity contribution in [3.05, 3.63) is 35.5 Å². The minimum atomic E-state index is -0.318. The van der Waals surface area contributed by atoms with E-state index in [1.807, 2.05) is 32.7 Å². The molecule has 1 aliphatic heterocycles. The first-order chi connectivity index (χ1) is 15.9. The summed E-state index contributed by atoms with van der Waals surface area (Å²) in [4.78, 5) is 37.3. The highest BCUT2D eigenvalue weighted by atomic mass is 16.5. The van der Waals surface area contributed by atoms with E-state index < -0.39 is 0 Å². The van der Waals surface area contributed by atoms with E-state index >= 15 is 0 Å². The lowest BCUT2D eigenvalue weighted by Crippen LogP contribution is -2.44. The molecule has 0 bridgehead atoms. The number of aromatic amines is 1. The number of nitrogens with two attached hydrogens (primary N) is 1. The van der Waals surface area contributed by atoms with Gasteiger partial charge in [-0.3, -0.25) is 14.4 Å². The van der Waals surface area contributed by atoms with E-state index in [1.165, 1.54) is 22.2 Å². The Morgan fingerprint density at radius 2 is 1.91 bits per heavy atom. The van der Waals surface area contributed by atoms with Crippen LogP contribution in [0.25, 0.3) is 10.9 Å². The van der Waals surface area contributed by atoms with E-state index in [0.29, 0.717) is 25.4 Å². The van der Waals surface area contributed by atoms with Crippen molar-refractivity contribution in [3.63, 3.8) is 0 Å². The molecule has 2 heterocycles. The quantitative estimate of drug-likeness (QED) is 0.552. The molecule has 8 heteroatoms. The third-order valence-corrected chi connectivity index (χ3v) is 5.25. The molecule has 0 saturated heterocycles. The largest absolute Gasteiger partial charge is 0.462 e. The molecule has 2 aromatic rings. The highest BCUT2D eigenvalue weighted by Crippen LogP contribution is 2.37. The fourth-order valence-electron chi connectivity index (χ4n) is 3.71. The summed E-state index contributed by atoms with van der Waals surface area (Å²) in [7, 11) is 1.83. The predicted octanol–water partition coefficient (Wildman–Crippen LogP) is 3.70. The lowest BCUT2D eigenvalue weighted by atomic mass is 9.91. The maximum atomic E-state index is 12.5. The topological polar surface area (TPSA) is 118 Å². The number of carbonyl (C=O) groups is 3. The first-order valence-corrected chi connectivity index (χ1v) is 11.9. The summed E-state index contributed by atoms with van der Waals surface area (Å²) in [6.45, 7) is 13.3. The first kappa shape index (κ1) is 29.2. The Bertz CT molecular complexity index is 931. The monoisotopic (exact) mass is 474 g/mol. The predicted molar refractivity (Wildman–Crippen MR) is 136 cm³/mol. The maximum Gasteiger partial charge on any atom is 0.293 e. The van der Waals surface area contributed by atoms with Crippen LogP contribution in [0, 0.1) is 5.92 Å². The Kier molecular flexibility index (Phi) is 11.8. The number of ether oxygens (including phenoxy) is 1. The van der Waals surface area contributed by atoms with E-state index in [4.69, 9.17) is 0 Å². The van der Waals surface area contributed by atoms with Crippen LogP contribution in [0.5, 0.6) is 0 Å². The molecular weight excluding hydrogens is 432 g/mol. The molecule has 1 aromatic carbocycles. The van der Waals surface area contributed by atoms with Crippen molar-refractivity contribution in [3.8, 4) is 0 Å². The fourth-order valence-corrected chi connectivity index (χ4v) is 3.71. The van der Waals surface area contributed by atoms with Crippen molar-refractivity contribution in [1.29, 1.82) is 0 Å². The number of likely N-dealkylation sites (N-methyl/N-ethyl adjacent to an activating group) is 1. The number of carbonyl (C=O) groups excluding carboxylic acids is 3. The molecule has 0 aliphatic carbocycles. The second kappa shape index (κ2) is 13.7. The van der Waals surface area contributed by atoms with Crippen LogP contribution in [0.15, 0.2) is 24.3 Å². The lowest BCUT2D eigenvalue weighted by molar-refractivity contribution is -0.138. The van der Waals surface area contributed by atoms with Gasteiger partial charge in [0.05, 0.1) is 12.6 Å². The number of H-pyrrole nitrogens is 1. The van der Waals surface area contributed by atoms with Gasteiger partial charge in [0, 0.05) is 29.6 Å². The molecule has 1 unspecified atom stereocenters. The molecule has 0 saturated carbocycles. The molecule has 0 radical (unpaired) electrons. The Hall–Kier alpha value is -2.87. The lowest BCUT2D eigenvalue weighted by Gasteiger charge is -2.37. The minimum Gasteiger partial charge on any atom is -0.462 e. The summed E-state index contributed by atoms with van der Waals surface area (Å²) in [5.41, 5.74) is 8.16.